The Morgan fingerprint density at radius 1 is 1.29 bits per heavy atom. The van der Waals surface area contributed by atoms with Crippen LogP contribution in [0.1, 0.15) is 31.2 Å². The second kappa shape index (κ2) is 9.74. The van der Waals surface area contributed by atoms with Crippen LogP contribution < -0.4 is 25.0 Å². The van der Waals surface area contributed by atoms with Crippen molar-refractivity contribution in [2.24, 2.45) is 0 Å². The van der Waals surface area contributed by atoms with Gasteiger partial charge in [-0.05, 0) is 43.4 Å². The number of hydrogen-bond donors (Lipinski definition) is 3. The number of methoxy groups -OCH3 is 1. The number of urea groups is 1. The van der Waals surface area contributed by atoms with Crippen LogP contribution in [0.3, 0.4) is 0 Å². The summed E-state index contributed by atoms with van der Waals surface area (Å²) in [6.45, 7) is 0.520. The number of sulfonamides is 1. The van der Waals surface area contributed by atoms with Gasteiger partial charge >= 0.3 is 6.03 Å². The van der Waals surface area contributed by atoms with Gasteiger partial charge in [0.2, 0.25) is 21.8 Å². The molecule has 2 heterocycles. The van der Waals surface area contributed by atoms with Crippen LogP contribution in [0.2, 0.25) is 0 Å². The minimum absolute atomic E-state index is 0.129. The smallest absolute Gasteiger partial charge is 0.321 e. The largest absolute Gasteiger partial charge is 0.480 e. The van der Waals surface area contributed by atoms with E-state index in [0.29, 0.717) is 49.4 Å². The normalized spacial score (nSPS) is 19.2. The first-order chi connectivity index (χ1) is 16.6. The van der Waals surface area contributed by atoms with Crippen molar-refractivity contribution < 1.29 is 27.1 Å². The monoisotopic (exact) mass is 506 g/mol. The van der Waals surface area contributed by atoms with Gasteiger partial charge in [0, 0.05) is 24.2 Å². The number of carbonyl (C=O) groups excluding carboxylic acids is 2. The number of carbonyl (C=O) groups is 2. The molecule has 3 amide bonds. The summed E-state index contributed by atoms with van der Waals surface area (Å²) in [6, 6.07) is 3.17. The van der Waals surface area contributed by atoms with E-state index in [1.807, 2.05) is 0 Å². The van der Waals surface area contributed by atoms with Gasteiger partial charge in [-0.15, -0.1) is 0 Å². The van der Waals surface area contributed by atoms with E-state index in [-0.39, 0.29) is 18.3 Å². The summed E-state index contributed by atoms with van der Waals surface area (Å²) in [5.74, 6) is -0.347. The van der Waals surface area contributed by atoms with Crippen molar-refractivity contribution in [2.45, 2.75) is 37.1 Å². The highest BCUT2D eigenvalue weighted by Gasteiger charge is 2.46. The zero-order valence-corrected chi connectivity index (χ0v) is 20.2. The van der Waals surface area contributed by atoms with E-state index in [0.717, 1.165) is 6.26 Å². The van der Waals surface area contributed by atoms with Crippen LogP contribution in [0.25, 0.3) is 0 Å². The molecule has 0 radical (unpaired) electrons. The number of rotatable bonds is 8. The number of piperidine rings is 1. The zero-order chi connectivity index (χ0) is 25.2. The number of anilines is 2. The molecule has 188 valence electrons. The Morgan fingerprint density at radius 2 is 2.06 bits per heavy atom. The summed E-state index contributed by atoms with van der Waals surface area (Å²) in [7, 11) is -1.94. The molecule has 0 spiro atoms. The second-order valence-electron chi connectivity index (χ2n) is 8.76. The summed E-state index contributed by atoms with van der Waals surface area (Å²) >= 11 is 0. The van der Waals surface area contributed by atoms with Crippen LogP contribution >= 0.6 is 0 Å². The van der Waals surface area contributed by atoms with Gasteiger partial charge in [0.15, 0.2) is 5.82 Å². The number of benzene rings is 1. The molecule has 2 fully saturated rings. The van der Waals surface area contributed by atoms with Crippen LogP contribution in [-0.2, 0) is 20.2 Å². The van der Waals surface area contributed by atoms with Gasteiger partial charge in [0.25, 0.3) is 0 Å². The summed E-state index contributed by atoms with van der Waals surface area (Å²) in [6.07, 6.45) is 6.16. The third kappa shape index (κ3) is 5.85. The lowest BCUT2D eigenvalue weighted by Crippen LogP contribution is -2.53. The lowest BCUT2D eigenvalue weighted by atomic mass is 9.94. The molecule has 1 aromatic carbocycles. The SMILES string of the molecule is COc1cnc(NC(=O)N[C@@H]2CCCN(c3ccc(C4(CNS(C)(=O)=O)CC4)c(F)c3)C2=O)cn1. The van der Waals surface area contributed by atoms with Crippen molar-refractivity contribution in [3.8, 4) is 5.88 Å². The van der Waals surface area contributed by atoms with E-state index in [1.54, 1.807) is 12.1 Å². The van der Waals surface area contributed by atoms with E-state index < -0.39 is 33.3 Å². The van der Waals surface area contributed by atoms with Crippen molar-refractivity contribution in [2.75, 3.05) is 36.7 Å². The number of nitrogens with zero attached hydrogens (tertiary/aromatic N) is 3. The minimum Gasteiger partial charge on any atom is -0.480 e. The minimum atomic E-state index is -3.39. The standard InChI is InChI=1S/C22H27FN6O5S/c1-34-19-12-24-18(11-25-19)28-21(31)27-17-4-3-9-29(20(17)30)14-5-6-15(16(23)10-14)22(7-8-22)13-26-35(2,32)33/h5-6,10-12,17,26H,3-4,7-9,13H2,1-2H3,(H2,24,27,28,31)/t17-/m1/s1. The molecule has 1 atom stereocenters. The number of amides is 3. The molecule has 0 bridgehead atoms. The average molecular weight is 507 g/mol. The topological polar surface area (TPSA) is 143 Å². The van der Waals surface area contributed by atoms with E-state index in [4.69, 9.17) is 4.74 Å². The molecule has 1 saturated carbocycles. The molecule has 2 aliphatic rings. The predicted molar refractivity (Wildman–Crippen MR) is 126 cm³/mol. The molecule has 2 aromatic rings. The van der Waals surface area contributed by atoms with Crippen LogP contribution in [-0.4, -0.2) is 62.8 Å². The highest BCUT2D eigenvalue weighted by Crippen LogP contribution is 2.49. The first-order valence-electron chi connectivity index (χ1n) is 11.1. The van der Waals surface area contributed by atoms with E-state index in [1.165, 1.54) is 30.5 Å². The molecule has 1 saturated heterocycles. The summed E-state index contributed by atoms with van der Waals surface area (Å²) < 4.78 is 45.4. The maximum absolute atomic E-state index is 15.1. The Bertz CT molecular complexity index is 1220. The number of aromatic nitrogens is 2. The maximum Gasteiger partial charge on any atom is 0.321 e. The van der Waals surface area contributed by atoms with Gasteiger partial charge in [-0.2, -0.15) is 0 Å². The Labute approximate surface area is 202 Å². The molecule has 0 unspecified atom stereocenters. The highest BCUT2D eigenvalue weighted by molar-refractivity contribution is 7.88. The van der Waals surface area contributed by atoms with Crippen LogP contribution in [0.15, 0.2) is 30.6 Å². The van der Waals surface area contributed by atoms with Gasteiger partial charge in [0.05, 0.1) is 25.8 Å². The Balaban J connectivity index is 1.41. The Hall–Kier alpha value is -3.32. The summed E-state index contributed by atoms with van der Waals surface area (Å²) in [5, 5.41) is 5.16. The number of nitrogens with one attached hydrogen (secondary N) is 3. The van der Waals surface area contributed by atoms with E-state index in [2.05, 4.69) is 25.3 Å². The molecule has 11 nitrogen and oxygen atoms in total. The molecular formula is C22H27FN6O5S. The van der Waals surface area contributed by atoms with Crippen molar-refractivity contribution in [1.82, 2.24) is 20.0 Å². The van der Waals surface area contributed by atoms with Crippen molar-refractivity contribution in [3.63, 3.8) is 0 Å². The first kappa shape index (κ1) is 24.8. The molecule has 4 rings (SSSR count). The fraction of sp³-hybridized carbons (Fsp3) is 0.455. The lowest BCUT2D eigenvalue weighted by molar-refractivity contribution is -0.121. The van der Waals surface area contributed by atoms with Gasteiger partial charge in [-0.25, -0.2) is 32.3 Å². The molecular weight excluding hydrogens is 479 g/mol. The van der Waals surface area contributed by atoms with Crippen molar-refractivity contribution >= 4 is 33.5 Å². The first-order valence-corrected chi connectivity index (χ1v) is 13.0. The Morgan fingerprint density at radius 3 is 2.66 bits per heavy atom. The molecule has 1 aliphatic heterocycles. The third-order valence-corrected chi connectivity index (χ3v) is 6.85. The zero-order valence-electron chi connectivity index (χ0n) is 19.4. The van der Waals surface area contributed by atoms with Gasteiger partial charge in [-0.1, -0.05) is 6.07 Å². The second-order valence-corrected chi connectivity index (χ2v) is 10.6. The number of hydrogen-bond acceptors (Lipinski definition) is 7. The molecule has 1 aromatic heterocycles. The average Bonchev–Trinajstić information content (AvgIpc) is 3.60. The highest BCUT2D eigenvalue weighted by atomic mass is 32.2. The molecule has 13 heteroatoms. The van der Waals surface area contributed by atoms with Crippen LogP contribution in [0, 0.1) is 5.82 Å². The van der Waals surface area contributed by atoms with Gasteiger partial charge in [0.1, 0.15) is 11.9 Å². The third-order valence-electron chi connectivity index (χ3n) is 6.18. The molecule has 1 aliphatic carbocycles. The number of halogens is 1. The van der Waals surface area contributed by atoms with E-state index in [9.17, 15) is 18.0 Å². The van der Waals surface area contributed by atoms with E-state index >= 15 is 4.39 Å². The van der Waals surface area contributed by atoms with Crippen molar-refractivity contribution in [1.29, 1.82) is 0 Å². The fourth-order valence-electron chi connectivity index (χ4n) is 4.13. The van der Waals surface area contributed by atoms with Crippen LogP contribution in [0.4, 0.5) is 20.7 Å². The predicted octanol–water partition coefficient (Wildman–Crippen LogP) is 1.52. The van der Waals surface area contributed by atoms with Crippen LogP contribution in [0.5, 0.6) is 5.88 Å². The molecule has 3 N–H and O–H groups in total. The summed E-state index contributed by atoms with van der Waals surface area (Å²) in [4.78, 5) is 34.8. The fourth-order valence-corrected chi connectivity index (χ4v) is 4.66. The maximum atomic E-state index is 15.1. The number of ether oxygens (including phenoxy) is 1. The van der Waals surface area contributed by atoms with Crippen molar-refractivity contribution in [3.05, 3.63) is 42.0 Å². The van der Waals surface area contributed by atoms with Gasteiger partial charge in [-0.3, -0.25) is 10.1 Å². The Kier molecular flexibility index (Phi) is 6.90. The lowest BCUT2D eigenvalue weighted by Gasteiger charge is -2.33. The summed E-state index contributed by atoms with van der Waals surface area (Å²) in [5.41, 5.74) is 0.247. The quantitative estimate of drug-likeness (QED) is 0.493. The van der Waals surface area contributed by atoms with Gasteiger partial charge < -0.3 is 15.0 Å². The molecule has 35 heavy (non-hydrogen) atoms.